The molecule has 1 aliphatic heterocycles. The Morgan fingerprint density at radius 3 is 2.00 bits per heavy atom. The molecule has 1 atom stereocenters. The van der Waals surface area contributed by atoms with Gasteiger partial charge in [-0.1, -0.05) is 26.0 Å². The van der Waals surface area contributed by atoms with Gasteiger partial charge in [0.05, 0.1) is 24.9 Å². The predicted octanol–water partition coefficient (Wildman–Crippen LogP) is 2.62. The normalized spacial score (nSPS) is 15.4. The number of imide groups is 1. The predicted molar refractivity (Wildman–Crippen MR) is 90.9 cm³/mol. The second kappa shape index (κ2) is 7.31. The number of ether oxygens (including phenoxy) is 1. The fraction of sp³-hybridized carbons (Fsp3) is 0.471. The van der Waals surface area contributed by atoms with Crippen molar-refractivity contribution in [2.24, 2.45) is 0 Å². The maximum absolute atomic E-state index is 12.9. The van der Waals surface area contributed by atoms with Crippen molar-refractivity contribution in [3.8, 4) is 0 Å². The van der Waals surface area contributed by atoms with Crippen LogP contribution in [-0.2, 0) is 14.1 Å². The molecule has 24 heavy (non-hydrogen) atoms. The maximum atomic E-state index is 12.9. The molecule has 0 fully saturated rings. The first-order chi connectivity index (χ1) is 11.4. The number of esters is 1. The van der Waals surface area contributed by atoms with Gasteiger partial charge in [-0.05, 0) is 31.4 Å². The Labute approximate surface area is 141 Å². The van der Waals surface area contributed by atoms with Crippen LogP contribution in [0.1, 0.15) is 41.5 Å². The van der Waals surface area contributed by atoms with E-state index in [1.807, 2.05) is 0 Å². The average Bonchev–Trinajstić information content (AvgIpc) is 2.84. The molecule has 0 N–H and O–H groups in total. The lowest BCUT2D eigenvalue weighted by Gasteiger charge is -2.27. The van der Waals surface area contributed by atoms with Gasteiger partial charge in [0.2, 0.25) is 0 Å². The lowest BCUT2D eigenvalue weighted by molar-refractivity contribution is -0.147. The van der Waals surface area contributed by atoms with E-state index in [9.17, 15) is 18.9 Å². The minimum absolute atomic E-state index is 0.0374. The molecule has 7 heteroatoms. The lowest BCUT2D eigenvalue weighted by Crippen LogP contribution is -2.48. The molecule has 0 saturated carbocycles. The number of amides is 2. The minimum atomic E-state index is -2.66. The third-order valence-corrected chi connectivity index (χ3v) is 7.67. The lowest BCUT2D eigenvalue weighted by atomic mass is 10.1. The molecule has 2 rings (SSSR count). The summed E-state index contributed by atoms with van der Waals surface area (Å²) in [5.74, 6) is -1.76. The molecule has 1 aromatic rings. The Hall–Kier alpha value is -1.94. The summed E-state index contributed by atoms with van der Waals surface area (Å²) in [7, 11) is -2.66. The van der Waals surface area contributed by atoms with E-state index in [2.05, 4.69) is 0 Å². The van der Waals surface area contributed by atoms with E-state index in [0.29, 0.717) is 12.3 Å². The van der Waals surface area contributed by atoms with Gasteiger partial charge in [0.15, 0.2) is 0 Å². The van der Waals surface area contributed by atoms with E-state index in [0.717, 1.165) is 4.90 Å². The van der Waals surface area contributed by atoms with Gasteiger partial charge in [-0.2, -0.15) is 0 Å². The van der Waals surface area contributed by atoms with Crippen molar-refractivity contribution in [1.29, 1.82) is 0 Å². The van der Waals surface area contributed by atoms with Crippen LogP contribution in [0.3, 0.4) is 0 Å². The first-order valence-electron chi connectivity index (χ1n) is 8.09. The molecule has 2 amide bonds. The van der Waals surface area contributed by atoms with Gasteiger partial charge in [-0.3, -0.25) is 14.5 Å². The highest BCUT2D eigenvalue weighted by Crippen LogP contribution is 2.46. The zero-order valence-corrected chi connectivity index (χ0v) is 15.0. The number of rotatable bonds is 7. The molecular formula is C17H22NO5P. The maximum Gasteiger partial charge on any atom is 0.329 e. The van der Waals surface area contributed by atoms with Crippen molar-refractivity contribution in [3.63, 3.8) is 0 Å². The number of hydrogen-bond donors (Lipinski definition) is 0. The van der Waals surface area contributed by atoms with E-state index < -0.39 is 31.0 Å². The summed E-state index contributed by atoms with van der Waals surface area (Å²) in [6.45, 7) is 5.35. The van der Waals surface area contributed by atoms with Gasteiger partial charge < -0.3 is 9.30 Å². The molecule has 0 bridgehead atoms. The van der Waals surface area contributed by atoms with E-state index in [1.165, 1.54) is 0 Å². The van der Waals surface area contributed by atoms with Crippen LogP contribution in [0.5, 0.6) is 0 Å². The molecular weight excluding hydrogens is 329 g/mol. The molecule has 1 heterocycles. The Kier molecular flexibility index (Phi) is 5.60. The average molecular weight is 351 g/mol. The van der Waals surface area contributed by atoms with Crippen molar-refractivity contribution in [2.75, 3.05) is 25.1 Å². The third kappa shape index (κ3) is 3.29. The summed E-state index contributed by atoms with van der Waals surface area (Å²) < 4.78 is 17.9. The van der Waals surface area contributed by atoms with Crippen molar-refractivity contribution in [1.82, 2.24) is 4.90 Å². The Morgan fingerprint density at radius 2 is 1.58 bits per heavy atom. The molecule has 130 valence electrons. The zero-order chi connectivity index (χ0) is 17.9. The van der Waals surface area contributed by atoms with Crippen molar-refractivity contribution in [3.05, 3.63) is 35.4 Å². The minimum Gasteiger partial charge on any atom is -0.464 e. The van der Waals surface area contributed by atoms with Crippen molar-refractivity contribution >= 4 is 24.9 Å². The van der Waals surface area contributed by atoms with Crippen LogP contribution in [0.4, 0.5) is 0 Å². The van der Waals surface area contributed by atoms with Gasteiger partial charge in [0.1, 0.15) is 6.04 Å². The van der Waals surface area contributed by atoms with E-state index in [-0.39, 0.29) is 23.9 Å². The van der Waals surface area contributed by atoms with Crippen LogP contribution in [0, 0.1) is 0 Å². The number of carbonyl (C=O) groups is 3. The number of benzene rings is 1. The monoisotopic (exact) mass is 351 g/mol. The number of fused-ring (bicyclic) bond motifs is 1. The molecule has 0 saturated heterocycles. The standard InChI is InChI=1S/C17H22NO5P/c1-4-23-17(21)14(11-24(22,5-2)6-3)18-15(19)12-9-7-8-10-13(12)16(18)20/h7-10,14H,4-6,11H2,1-3H3. The van der Waals surface area contributed by atoms with Crippen molar-refractivity contribution in [2.45, 2.75) is 26.8 Å². The highest BCUT2D eigenvalue weighted by atomic mass is 31.2. The highest BCUT2D eigenvalue weighted by Gasteiger charge is 2.45. The smallest absolute Gasteiger partial charge is 0.329 e. The summed E-state index contributed by atoms with van der Waals surface area (Å²) in [5, 5.41) is 0. The van der Waals surface area contributed by atoms with Gasteiger partial charge in [-0.15, -0.1) is 0 Å². The van der Waals surface area contributed by atoms with Gasteiger partial charge >= 0.3 is 5.97 Å². The number of carbonyl (C=O) groups excluding carboxylic acids is 3. The second-order valence-electron chi connectivity index (χ2n) is 5.67. The number of hydrogen-bond acceptors (Lipinski definition) is 5. The van der Waals surface area contributed by atoms with Crippen LogP contribution in [0.15, 0.2) is 24.3 Å². The van der Waals surface area contributed by atoms with Crippen LogP contribution < -0.4 is 0 Å². The molecule has 0 aromatic heterocycles. The Balaban J connectivity index is 2.42. The summed E-state index contributed by atoms with van der Waals surface area (Å²) in [6, 6.07) is 5.28. The molecule has 1 aromatic carbocycles. The van der Waals surface area contributed by atoms with Crippen LogP contribution in [0.25, 0.3) is 0 Å². The summed E-state index contributed by atoms with van der Waals surface area (Å²) in [5.41, 5.74) is 0.527. The summed E-state index contributed by atoms with van der Waals surface area (Å²) >= 11 is 0. The van der Waals surface area contributed by atoms with E-state index >= 15 is 0 Å². The largest absolute Gasteiger partial charge is 0.464 e. The SMILES string of the molecule is CCOC(=O)C(CP(=O)(CC)CC)N1C(=O)c2ccccc2C1=O. The number of nitrogens with zero attached hydrogens (tertiary/aromatic N) is 1. The third-order valence-electron chi connectivity index (χ3n) is 4.35. The van der Waals surface area contributed by atoms with Crippen LogP contribution >= 0.6 is 7.14 Å². The summed E-state index contributed by atoms with van der Waals surface area (Å²) in [6.07, 6.45) is 0.773. The fourth-order valence-electron chi connectivity index (χ4n) is 2.79. The molecule has 0 spiro atoms. The first-order valence-corrected chi connectivity index (χ1v) is 10.3. The molecule has 0 aliphatic carbocycles. The topological polar surface area (TPSA) is 80.8 Å². The molecule has 0 radical (unpaired) electrons. The zero-order valence-electron chi connectivity index (χ0n) is 14.2. The first kappa shape index (κ1) is 18.4. The Bertz CT molecular complexity index is 672. The quantitative estimate of drug-likeness (QED) is 0.428. The second-order valence-corrected chi connectivity index (χ2v) is 9.41. The Morgan fingerprint density at radius 1 is 1.08 bits per heavy atom. The van der Waals surface area contributed by atoms with Crippen LogP contribution in [-0.4, -0.2) is 53.8 Å². The van der Waals surface area contributed by atoms with Gasteiger partial charge in [-0.25, -0.2) is 4.79 Å². The van der Waals surface area contributed by atoms with E-state index in [4.69, 9.17) is 4.74 Å². The molecule has 1 unspecified atom stereocenters. The van der Waals surface area contributed by atoms with Crippen molar-refractivity contribution < 1.29 is 23.7 Å². The fourth-order valence-corrected chi connectivity index (χ4v) is 4.69. The van der Waals surface area contributed by atoms with Gasteiger partial charge in [0.25, 0.3) is 11.8 Å². The molecule has 1 aliphatic rings. The van der Waals surface area contributed by atoms with E-state index in [1.54, 1.807) is 45.0 Å². The summed E-state index contributed by atoms with van der Waals surface area (Å²) in [4.78, 5) is 38.6. The molecule has 6 nitrogen and oxygen atoms in total. The van der Waals surface area contributed by atoms with Crippen LogP contribution in [0.2, 0.25) is 0 Å². The highest BCUT2D eigenvalue weighted by molar-refractivity contribution is 7.63. The van der Waals surface area contributed by atoms with Gasteiger partial charge in [0, 0.05) is 6.16 Å².